The molecule has 266 valence electrons. The van der Waals surface area contributed by atoms with E-state index in [1.54, 1.807) is 32.0 Å². The number of esters is 2. The number of rotatable bonds is 17. The molecule has 0 spiro atoms. The number of nitrogens with one attached hydrogen (secondary N) is 2. The Morgan fingerprint density at radius 1 is 1.15 bits per heavy atom. The lowest BCUT2D eigenvalue weighted by atomic mass is 9.97. The van der Waals surface area contributed by atoms with E-state index in [-0.39, 0.29) is 18.8 Å². The minimum absolute atomic E-state index is 0.121. The Bertz CT molecular complexity index is 1580. The first-order valence-electron chi connectivity index (χ1n) is 14.8. The summed E-state index contributed by atoms with van der Waals surface area (Å²) in [5, 5.41) is 15.4. The summed E-state index contributed by atoms with van der Waals surface area (Å²) in [6.45, 7) is 4.77. The third kappa shape index (κ3) is 10.5. The van der Waals surface area contributed by atoms with Crippen molar-refractivity contribution in [1.82, 2.24) is 19.5 Å². The molecule has 1 aromatic carbocycles. The van der Waals surface area contributed by atoms with Gasteiger partial charge in [0.05, 0.1) is 18.8 Å². The first-order valence-corrected chi connectivity index (χ1v) is 16.4. The lowest BCUT2D eigenvalue weighted by Gasteiger charge is -2.25. The van der Waals surface area contributed by atoms with Crippen molar-refractivity contribution in [2.75, 3.05) is 19.9 Å². The normalized spacial score (nSPS) is 22.5. The summed E-state index contributed by atoms with van der Waals surface area (Å²) in [6, 6.07) is 7.88. The van der Waals surface area contributed by atoms with Crippen LogP contribution in [-0.2, 0) is 49.2 Å². The minimum Gasteiger partial charge on any atom is -0.462 e. The number of aromatic nitrogens is 2. The van der Waals surface area contributed by atoms with Crippen molar-refractivity contribution in [3.05, 3.63) is 63.4 Å². The van der Waals surface area contributed by atoms with Gasteiger partial charge in [-0.2, -0.15) is 5.09 Å². The van der Waals surface area contributed by atoms with Crippen molar-refractivity contribution in [2.24, 2.45) is 0 Å². The second-order valence-corrected chi connectivity index (χ2v) is 12.8. The molecule has 2 heterocycles. The van der Waals surface area contributed by atoms with Crippen molar-refractivity contribution < 1.29 is 56.4 Å². The number of ether oxygens (including phenoxy) is 4. The number of carbonyl (C=O) groups is 3. The first-order chi connectivity index (χ1) is 22.5. The lowest BCUT2D eigenvalue weighted by Crippen LogP contribution is -2.46. The van der Waals surface area contributed by atoms with Crippen LogP contribution in [0.4, 0.5) is 4.39 Å². The molecule has 0 bridgehead atoms. The quantitative estimate of drug-likeness (QED) is 0.0913. The van der Waals surface area contributed by atoms with Crippen LogP contribution in [0.2, 0.25) is 0 Å². The average Bonchev–Trinajstić information content (AvgIpc) is 3.23. The Morgan fingerprint density at radius 2 is 1.83 bits per heavy atom. The van der Waals surface area contributed by atoms with Crippen molar-refractivity contribution in [2.45, 2.75) is 84.0 Å². The highest BCUT2D eigenvalue weighted by Crippen LogP contribution is 2.45. The molecule has 1 fully saturated rings. The minimum atomic E-state index is -4.21. The van der Waals surface area contributed by atoms with Crippen LogP contribution in [0.5, 0.6) is 5.75 Å². The summed E-state index contributed by atoms with van der Waals surface area (Å²) in [7, 11) is -4.21. The third-order valence-electron chi connectivity index (χ3n) is 6.78. The summed E-state index contributed by atoms with van der Waals surface area (Å²) < 4.78 is 62.5. The molecule has 2 aromatic rings. The number of aliphatic hydroxyl groups is 1. The maximum Gasteiger partial charge on any atom is 0.461 e. The standard InChI is InChI=1S/C29H40FN4O13P/c1-18(2)45-26(39)19(3)32-48(41,47-21-9-7-6-8-10-21)44-17-42-14-12-22-25(38)29(5,30)27(46-22)33-13-11-23(36)34(28(33)40)16-43-24(37)15-31-20(4)35/h6-11,13,18-19,22,25,27,38H,12,14-17H2,1-5H3,(H,31,35)(H,32,41)/t19-,22+,25+,27+,29+,48+/m0/s1. The van der Waals surface area contributed by atoms with Crippen LogP contribution in [0, 0.1) is 0 Å². The Labute approximate surface area is 274 Å². The van der Waals surface area contributed by atoms with Crippen molar-refractivity contribution >= 4 is 25.6 Å². The van der Waals surface area contributed by atoms with Gasteiger partial charge in [0.25, 0.3) is 5.56 Å². The number of para-hydroxylation sites is 1. The van der Waals surface area contributed by atoms with Gasteiger partial charge >= 0.3 is 25.4 Å². The molecule has 1 aromatic heterocycles. The maximum atomic E-state index is 15.8. The number of hydrogen-bond acceptors (Lipinski definition) is 13. The van der Waals surface area contributed by atoms with Crippen LogP contribution >= 0.6 is 7.75 Å². The van der Waals surface area contributed by atoms with Gasteiger partial charge in [0.2, 0.25) is 5.91 Å². The molecule has 0 radical (unpaired) electrons. The third-order valence-corrected chi connectivity index (χ3v) is 8.38. The predicted octanol–water partition coefficient (Wildman–Crippen LogP) is 1.13. The van der Waals surface area contributed by atoms with Crippen LogP contribution in [-0.4, -0.2) is 82.1 Å². The Kier molecular flexibility index (Phi) is 13.6. The van der Waals surface area contributed by atoms with Crippen LogP contribution in [0.15, 0.2) is 52.2 Å². The number of aliphatic hydroxyl groups excluding tert-OH is 1. The Morgan fingerprint density at radius 3 is 2.48 bits per heavy atom. The van der Waals surface area contributed by atoms with Crippen molar-refractivity contribution in [3.8, 4) is 5.75 Å². The van der Waals surface area contributed by atoms with Gasteiger partial charge in [0.15, 0.2) is 25.4 Å². The van der Waals surface area contributed by atoms with E-state index in [4.69, 9.17) is 28.0 Å². The molecule has 1 amide bonds. The Hall–Kier alpha value is -3.93. The number of nitrogens with zero attached hydrogens (tertiary/aromatic N) is 2. The van der Waals surface area contributed by atoms with Crippen molar-refractivity contribution in [1.29, 1.82) is 0 Å². The van der Waals surface area contributed by atoms with Gasteiger partial charge in [-0.15, -0.1) is 0 Å². The summed E-state index contributed by atoms with van der Waals surface area (Å²) in [5.74, 6) is -1.94. The number of amides is 1. The molecule has 17 nitrogen and oxygen atoms in total. The Balaban J connectivity index is 1.62. The van der Waals surface area contributed by atoms with Crippen molar-refractivity contribution in [3.63, 3.8) is 0 Å². The fourth-order valence-electron chi connectivity index (χ4n) is 4.36. The van der Waals surface area contributed by atoms with Gasteiger partial charge in [-0.25, -0.2) is 18.3 Å². The second-order valence-electron chi connectivity index (χ2n) is 11.1. The smallest absolute Gasteiger partial charge is 0.461 e. The number of benzene rings is 1. The molecular weight excluding hydrogens is 662 g/mol. The van der Waals surface area contributed by atoms with Crippen LogP contribution < -0.4 is 26.2 Å². The molecule has 3 rings (SSSR count). The molecule has 1 aliphatic heterocycles. The second kappa shape index (κ2) is 16.9. The van der Waals surface area contributed by atoms with Crippen LogP contribution in [0.3, 0.4) is 0 Å². The molecule has 6 atom stereocenters. The van der Waals surface area contributed by atoms with Gasteiger partial charge < -0.3 is 33.9 Å². The SMILES string of the molecule is CC(=O)NCC(=O)OCn1c(=O)ccn([C@@H]2O[C@H](CCOCO[P@](=O)(N[C@@H](C)C(=O)OC(C)C)Oc3ccccc3)[C@@H](O)[C@@]2(C)F)c1=O. The van der Waals surface area contributed by atoms with E-state index in [2.05, 4.69) is 10.4 Å². The molecule has 19 heteroatoms. The molecule has 3 N–H and O–H groups in total. The highest BCUT2D eigenvalue weighted by atomic mass is 31.2. The van der Waals surface area contributed by atoms with Gasteiger partial charge in [-0.1, -0.05) is 18.2 Å². The monoisotopic (exact) mass is 702 g/mol. The van der Waals surface area contributed by atoms with E-state index in [1.165, 1.54) is 26.0 Å². The molecule has 0 aliphatic carbocycles. The summed E-state index contributed by atoms with van der Waals surface area (Å²) in [4.78, 5) is 60.5. The molecule has 1 saturated heterocycles. The number of carbonyl (C=O) groups excluding carboxylic acids is 3. The van der Waals surface area contributed by atoms with Gasteiger partial charge in [-0.05, 0) is 46.2 Å². The predicted molar refractivity (Wildman–Crippen MR) is 164 cm³/mol. The van der Waals surface area contributed by atoms with Gasteiger partial charge in [0, 0.05) is 19.2 Å². The molecule has 0 unspecified atom stereocenters. The zero-order valence-corrected chi connectivity index (χ0v) is 27.9. The number of alkyl halides is 1. The van der Waals surface area contributed by atoms with E-state index in [0.717, 1.165) is 23.8 Å². The van der Waals surface area contributed by atoms with E-state index in [1.807, 2.05) is 0 Å². The highest BCUT2D eigenvalue weighted by Gasteiger charge is 2.55. The van der Waals surface area contributed by atoms with E-state index in [9.17, 15) is 33.6 Å². The zero-order valence-electron chi connectivity index (χ0n) is 27.0. The number of hydrogen-bond donors (Lipinski definition) is 3. The maximum absolute atomic E-state index is 15.8. The fraction of sp³-hybridized carbons (Fsp3) is 0.552. The largest absolute Gasteiger partial charge is 0.462 e. The van der Waals surface area contributed by atoms with E-state index >= 15 is 4.39 Å². The van der Waals surface area contributed by atoms with E-state index in [0.29, 0.717) is 4.57 Å². The van der Waals surface area contributed by atoms with E-state index < -0.39 is 93.2 Å². The van der Waals surface area contributed by atoms with Crippen LogP contribution in [0.25, 0.3) is 0 Å². The average molecular weight is 703 g/mol. The molecular formula is C29H40FN4O13P. The summed E-state index contributed by atoms with van der Waals surface area (Å²) in [6.07, 6.45) is -4.21. The molecule has 0 saturated carbocycles. The highest BCUT2D eigenvalue weighted by molar-refractivity contribution is 7.52. The van der Waals surface area contributed by atoms with Crippen LogP contribution in [0.1, 0.15) is 47.3 Å². The van der Waals surface area contributed by atoms with Gasteiger partial charge in [0.1, 0.15) is 24.4 Å². The zero-order chi connectivity index (χ0) is 35.6. The lowest BCUT2D eigenvalue weighted by molar-refractivity contribution is -0.149. The molecule has 1 aliphatic rings. The number of halogens is 1. The summed E-state index contributed by atoms with van der Waals surface area (Å²) in [5.41, 5.74) is -4.48. The summed E-state index contributed by atoms with van der Waals surface area (Å²) >= 11 is 0. The molecule has 48 heavy (non-hydrogen) atoms. The topological polar surface area (TPSA) is 212 Å². The van der Waals surface area contributed by atoms with Gasteiger partial charge in [-0.3, -0.25) is 28.3 Å². The fourth-order valence-corrected chi connectivity index (χ4v) is 5.73. The first kappa shape index (κ1) is 38.5.